The Bertz CT molecular complexity index is 780. The molecule has 1 aromatic rings. The van der Waals surface area contributed by atoms with Gasteiger partial charge in [-0.25, -0.2) is 9.79 Å². The van der Waals surface area contributed by atoms with Crippen LogP contribution < -0.4 is 9.64 Å². The minimum Gasteiger partial charge on any atom is -0.497 e. The Kier molecular flexibility index (Phi) is 3.97. The van der Waals surface area contributed by atoms with Crippen LogP contribution in [0.5, 0.6) is 5.75 Å². The van der Waals surface area contributed by atoms with Crippen molar-refractivity contribution in [3.05, 3.63) is 24.3 Å². The minimum absolute atomic E-state index is 0.147. The van der Waals surface area contributed by atoms with Crippen molar-refractivity contribution >= 4 is 23.6 Å². The summed E-state index contributed by atoms with van der Waals surface area (Å²) in [7, 11) is 3.36. The predicted octanol–water partition coefficient (Wildman–Crippen LogP) is 1.19. The normalized spacial score (nSPS) is 24.8. The Hall–Kier alpha value is -2.77. The number of urea groups is 1. The number of ether oxygens (including phenoxy) is 1. The van der Waals surface area contributed by atoms with Crippen molar-refractivity contribution in [1.29, 1.82) is 0 Å². The van der Waals surface area contributed by atoms with Crippen LogP contribution in [0, 0.1) is 0 Å². The molecule has 3 amide bonds. The molecule has 0 aromatic heterocycles. The predicted molar refractivity (Wildman–Crippen MR) is 97.2 cm³/mol. The Labute approximate surface area is 152 Å². The van der Waals surface area contributed by atoms with E-state index >= 15 is 0 Å². The molecule has 2 unspecified atom stereocenters. The number of guanidine groups is 1. The number of fused-ring (bicyclic) bond motifs is 3. The van der Waals surface area contributed by atoms with Gasteiger partial charge in [0.1, 0.15) is 5.75 Å². The number of likely N-dealkylation sites (N-methyl/N-ethyl adjacent to an activating group) is 1. The zero-order valence-electron chi connectivity index (χ0n) is 15.3. The number of anilines is 1. The Morgan fingerprint density at radius 1 is 1.27 bits per heavy atom. The summed E-state index contributed by atoms with van der Waals surface area (Å²) in [5.74, 6) is 1.38. The molecule has 8 heteroatoms. The van der Waals surface area contributed by atoms with Gasteiger partial charge in [0.25, 0.3) is 5.91 Å². The van der Waals surface area contributed by atoms with Crippen LogP contribution in [0.4, 0.5) is 10.5 Å². The first-order chi connectivity index (χ1) is 12.6. The number of amides is 3. The number of nitrogens with zero attached hydrogens (tertiary/aromatic N) is 5. The van der Waals surface area contributed by atoms with E-state index in [1.165, 1.54) is 4.90 Å². The van der Waals surface area contributed by atoms with Gasteiger partial charge in [-0.05, 0) is 18.6 Å². The van der Waals surface area contributed by atoms with E-state index in [4.69, 9.17) is 9.73 Å². The highest BCUT2D eigenvalue weighted by Gasteiger charge is 2.54. The first-order valence-corrected chi connectivity index (χ1v) is 8.91. The van der Waals surface area contributed by atoms with E-state index in [1.807, 2.05) is 36.1 Å². The Morgan fingerprint density at radius 3 is 2.81 bits per heavy atom. The summed E-state index contributed by atoms with van der Waals surface area (Å²) in [6.07, 6.45) is 0.276. The van der Waals surface area contributed by atoms with Crippen LogP contribution in [0.2, 0.25) is 0 Å². The van der Waals surface area contributed by atoms with Gasteiger partial charge >= 0.3 is 6.03 Å². The minimum atomic E-state index is -0.466. The quantitative estimate of drug-likeness (QED) is 0.810. The summed E-state index contributed by atoms with van der Waals surface area (Å²) in [4.78, 5) is 37.3. The van der Waals surface area contributed by atoms with Gasteiger partial charge in [-0.3, -0.25) is 9.69 Å². The lowest BCUT2D eigenvalue weighted by atomic mass is 10.1. The molecule has 26 heavy (non-hydrogen) atoms. The molecule has 3 aliphatic heterocycles. The average molecular weight is 357 g/mol. The second-order valence-electron chi connectivity index (χ2n) is 6.72. The van der Waals surface area contributed by atoms with Crippen molar-refractivity contribution in [2.24, 2.45) is 4.99 Å². The summed E-state index contributed by atoms with van der Waals surface area (Å²) >= 11 is 0. The molecule has 0 saturated carbocycles. The molecule has 0 N–H and O–H groups in total. The fourth-order valence-corrected chi connectivity index (χ4v) is 3.89. The molecule has 2 saturated heterocycles. The maximum absolute atomic E-state index is 13.0. The second-order valence-corrected chi connectivity index (χ2v) is 6.72. The van der Waals surface area contributed by atoms with E-state index in [1.54, 1.807) is 19.1 Å². The maximum atomic E-state index is 13.0. The van der Waals surface area contributed by atoms with Gasteiger partial charge in [-0.1, -0.05) is 13.0 Å². The molecule has 0 radical (unpaired) electrons. The molecule has 0 aliphatic carbocycles. The largest absolute Gasteiger partial charge is 0.497 e. The number of hydrogen-bond donors (Lipinski definition) is 0. The van der Waals surface area contributed by atoms with E-state index in [0.29, 0.717) is 13.1 Å². The Morgan fingerprint density at radius 2 is 2.08 bits per heavy atom. The highest BCUT2D eigenvalue weighted by molar-refractivity contribution is 6.08. The summed E-state index contributed by atoms with van der Waals surface area (Å²) in [6, 6.07) is 7.08. The highest BCUT2D eigenvalue weighted by atomic mass is 16.5. The van der Waals surface area contributed by atoms with Crippen LogP contribution in [-0.2, 0) is 4.79 Å². The summed E-state index contributed by atoms with van der Waals surface area (Å²) < 4.78 is 5.32. The first-order valence-electron chi connectivity index (χ1n) is 8.91. The summed E-state index contributed by atoms with van der Waals surface area (Å²) in [6.45, 7) is 3.84. The molecule has 3 aliphatic rings. The lowest BCUT2D eigenvalue weighted by Gasteiger charge is -2.40. The van der Waals surface area contributed by atoms with Crippen molar-refractivity contribution in [2.75, 3.05) is 38.7 Å². The monoisotopic (exact) mass is 357 g/mol. The second kappa shape index (κ2) is 6.19. The zero-order valence-corrected chi connectivity index (χ0v) is 15.3. The van der Waals surface area contributed by atoms with Crippen LogP contribution >= 0.6 is 0 Å². The molecular formula is C18H23N5O3. The number of carbonyl (C=O) groups is 2. The topological polar surface area (TPSA) is 68.7 Å². The van der Waals surface area contributed by atoms with E-state index in [0.717, 1.165) is 30.4 Å². The molecule has 1 aromatic carbocycles. The van der Waals surface area contributed by atoms with Crippen LogP contribution in [0.3, 0.4) is 0 Å². The van der Waals surface area contributed by atoms with E-state index in [-0.39, 0.29) is 11.9 Å². The van der Waals surface area contributed by atoms with Crippen LogP contribution in [0.1, 0.15) is 13.3 Å². The zero-order chi connectivity index (χ0) is 18.4. The molecule has 2 fully saturated rings. The number of rotatable bonds is 4. The standard InChI is InChI=1S/C18H23N5O3/c1-4-8-23-16(24)14-15(20(2)18(23)25)19-17-21(9-10-22(14)17)12-6-5-7-13(11-12)26-3/h5-7,11,14-15H,4,8-10H2,1-3H3. The fourth-order valence-electron chi connectivity index (χ4n) is 3.89. The Balaban J connectivity index is 1.66. The van der Waals surface area contributed by atoms with Crippen LogP contribution in [-0.4, -0.2) is 78.6 Å². The summed E-state index contributed by atoms with van der Waals surface area (Å²) in [5.41, 5.74) is 0.969. The molecule has 4 rings (SSSR count). The molecule has 138 valence electrons. The lowest BCUT2D eigenvalue weighted by Crippen LogP contribution is -2.64. The molecule has 3 heterocycles. The van der Waals surface area contributed by atoms with Gasteiger partial charge in [0.15, 0.2) is 12.2 Å². The van der Waals surface area contributed by atoms with Gasteiger partial charge in [-0.15, -0.1) is 0 Å². The molecule has 0 spiro atoms. The van der Waals surface area contributed by atoms with E-state index in [2.05, 4.69) is 4.90 Å². The van der Waals surface area contributed by atoms with Crippen molar-refractivity contribution in [3.63, 3.8) is 0 Å². The molecular weight excluding hydrogens is 334 g/mol. The SMILES string of the molecule is CCCN1C(=O)C2C(N=C3N(c4cccc(OC)c4)CCN32)N(C)C1=O. The molecule has 0 bridgehead atoms. The molecule has 8 nitrogen and oxygen atoms in total. The summed E-state index contributed by atoms with van der Waals surface area (Å²) in [5, 5.41) is 0. The number of hydrogen-bond acceptors (Lipinski definition) is 6. The third-order valence-corrected chi connectivity index (χ3v) is 5.19. The smallest absolute Gasteiger partial charge is 0.328 e. The third-order valence-electron chi connectivity index (χ3n) is 5.19. The van der Waals surface area contributed by atoms with Crippen LogP contribution in [0.15, 0.2) is 29.3 Å². The first kappa shape index (κ1) is 16.7. The number of aliphatic imine (C=N–C) groups is 1. The maximum Gasteiger partial charge on any atom is 0.328 e. The van der Waals surface area contributed by atoms with E-state index < -0.39 is 12.2 Å². The molecule has 2 atom stereocenters. The lowest BCUT2D eigenvalue weighted by molar-refractivity contribution is -0.137. The van der Waals surface area contributed by atoms with Gasteiger partial charge in [0.2, 0.25) is 5.96 Å². The fraction of sp³-hybridized carbons (Fsp3) is 0.500. The number of imide groups is 1. The van der Waals surface area contributed by atoms with Gasteiger partial charge in [0.05, 0.1) is 7.11 Å². The van der Waals surface area contributed by atoms with E-state index in [9.17, 15) is 9.59 Å². The van der Waals surface area contributed by atoms with Crippen molar-refractivity contribution in [1.82, 2.24) is 14.7 Å². The van der Waals surface area contributed by atoms with Crippen LogP contribution in [0.25, 0.3) is 0 Å². The number of benzene rings is 1. The van der Waals surface area contributed by atoms with Gasteiger partial charge < -0.3 is 19.4 Å². The number of carbonyl (C=O) groups excluding carboxylic acids is 2. The van der Waals surface area contributed by atoms with Gasteiger partial charge in [0, 0.05) is 38.4 Å². The van der Waals surface area contributed by atoms with Gasteiger partial charge in [-0.2, -0.15) is 0 Å². The average Bonchev–Trinajstić information content (AvgIpc) is 3.22. The highest BCUT2D eigenvalue weighted by Crippen LogP contribution is 2.34. The third kappa shape index (κ3) is 2.32. The van der Waals surface area contributed by atoms with Crippen molar-refractivity contribution in [2.45, 2.75) is 25.6 Å². The van der Waals surface area contributed by atoms with Crippen molar-refractivity contribution < 1.29 is 14.3 Å². The number of methoxy groups -OCH3 is 1. The van der Waals surface area contributed by atoms with Crippen molar-refractivity contribution in [3.8, 4) is 5.75 Å².